The first kappa shape index (κ1) is 21.0. The Morgan fingerprint density at radius 1 is 0.391 bits per heavy atom. The van der Waals surface area contributed by atoms with Crippen molar-refractivity contribution in [2.24, 2.45) is 35.5 Å². The predicted octanol–water partition coefficient (Wildman–Crippen LogP) is 6.65. The molecule has 0 heterocycles. The second-order valence-electron chi connectivity index (χ2n) is 8.71. The third-order valence-corrected chi connectivity index (χ3v) is 7.27. The van der Waals surface area contributed by atoms with Gasteiger partial charge in [0.05, 0.1) is 0 Å². The van der Waals surface area contributed by atoms with Crippen LogP contribution in [0.3, 0.4) is 0 Å². The largest absolute Gasteiger partial charge is 0.412 e. The molecule has 0 bridgehead atoms. The van der Waals surface area contributed by atoms with Gasteiger partial charge in [-0.3, -0.25) is 0 Å². The quantitative estimate of drug-likeness (QED) is 0.545. The molecule has 1 nitrogen and oxygen atoms in total. The predicted molar refractivity (Wildman–Crippen MR) is 103 cm³/mol. The highest BCUT2D eigenvalue weighted by molar-refractivity contribution is 4.85. The Kier molecular flexibility index (Phi) is 9.82. The van der Waals surface area contributed by atoms with Crippen molar-refractivity contribution in [3.8, 4) is 0 Å². The van der Waals surface area contributed by atoms with E-state index in [-0.39, 0.29) is 5.48 Å². The van der Waals surface area contributed by atoms with Crippen molar-refractivity contribution in [3.63, 3.8) is 0 Å². The van der Waals surface area contributed by atoms with Crippen molar-refractivity contribution in [1.29, 1.82) is 0 Å². The molecule has 23 heavy (non-hydrogen) atoms. The van der Waals surface area contributed by atoms with Crippen LogP contribution >= 0.6 is 0 Å². The average molecular weight is 325 g/mol. The third kappa shape index (κ3) is 6.07. The van der Waals surface area contributed by atoms with Gasteiger partial charge in [-0.25, -0.2) is 0 Å². The van der Waals surface area contributed by atoms with Gasteiger partial charge in [-0.15, -0.1) is 0 Å². The Hall–Kier alpha value is -0.0400. The van der Waals surface area contributed by atoms with Crippen molar-refractivity contribution in [3.05, 3.63) is 0 Å². The minimum Gasteiger partial charge on any atom is -0.412 e. The molecule has 3 rings (SSSR count). The van der Waals surface area contributed by atoms with Gasteiger partial charge in [0.15, 0.2) is 0 Å². The first-order chi connectivity index (χ1) is 10.7. The topological polar surface area (TPSA) is 31.5 Å². The molecule has 0 aromatic heterocycles. The van der Waals surface area contributed by atoms with E-state index in [9.17, 15) is 0 Å². The molecular formula is C22H44O. The lowest BCUT2D eigenvalue weighted by Gasteiger charge is -2.41. The van der Waals surface area contributed by atoms with E-state index in [1.807, 2.05) is 13.8 Å². The van der Waals surface area contributed by atoms with Gasteiger partial charge in [0, 0.05) is 0 Å². The fraction of sp³-hybridized carbons (Fsp3) is 1.00. The van der Waals surface area contributed by atoms with Crippen molar-refractivity contribution in [2.45, 2.75) is 105 Å². The van der Waals surface area contributed by atoms with E-state index in [4.69, 9.17) is 0 Å². The molecule has 3 fully saturated rings. The Labute approximate surface area is 146 Å². The summed E-state index contributed by atoms with van der Waals surface area (Å²) < 4.78 is 0. The summed E-state index contributed by atoms with van der Waals surface area (Å²) in [5.41, 5.74) is 0. The summed E-state index contributed by atoms with van der Waals surface area (Å²) >= 11 is 0. The van der Waals surface area contributed by atoms with E-state index in [1.165, 1.54) is 25.7 Å². The summed E-state index contributed by atoms with van der Waals surface area (Å²) in [4.78, 5) is 0. The number of rotatable bonds is 2. The first-order valence-corrected chi connectivity index (χ1v) is 10.7. The monoisotopic (exact) mass is 324 g/mol. The van der Waals surface area contributed by atoms with E-state index in [0.717, 1.165) is 35.5 Å². The minimum absolute atomic E-state index is 0. The molecule has 1 heteroatoms. The normalized spacial score (nSPS) is 41.2. The molecule has 0 saturated heterocycles. The summed E-state index contributed by atoms with van der Waals surface area (Å²) in [6.45, 7) is 8.91. The van der Waals surface area contributed by atoms with Gasteiger partial charge in [-0.1, -0.05) is 53.4 Å². The van der Waals surface area contributed by atoms with Gasteiger partial charge in [-0.2, -0.15) is 0 Å². The van der Waals surface area contributed by atoms with Crippen LogP contribution in [0.25, 0.3) is 0 Å². The molecular weight excluding hydrogens is 280 g/mol. The van der Waals surface area contributed by atoms with E-state index in [0.29, 0.717) is 0 Å². The standard InChI is InChI=1S/C20H36.C2H6.H2O/c1-15-3-7-17(8-4-15)19-11-13-20(14-12-19)18-9-5-16(2)6-10-18;1-2;/h15-20H,3-14H2,1-2H3;1-2H3;1H2. The molecule has 0 unspecified atom stereocenters. The van der Waals surface area contributed by atoms with Gasteiger partial charge in [-0.05, 0) is 86.9 Å². The molecule has 3 saturated carbocycles. The van der Waals surface area contributed by atoms with Crippen LogP contribution in [-0.4, -0.2) is 5.48 Å². The van der Waals surface area contributed by atoms with Crippen LogP contribution in [0.5, 0.6) is 0 Å². The lowest BCUT2D eigenvalue weighted by molar-refractivity contribution is 0.108. The van der Waals surface area contributed by atoms with Crippen LogP contribution in [0.2, 0.25) is 0 Å². The van der Waals surface area contributed by atoms with E-state index >= 15 is 0 Å². The fourth-order valence-corrected chi connectivity index (χ4v) is 5.60. The molecule has 0 amide bonds. The van der Waals surface area contributed by atoms with Crippen LogP contribution in [-0.2, 0) is 0 Å². The molecule has 0 aliphatic heterocycles. The molecule has 3 aliphatic rings. The number of hydrogen-bond acceptors (Lipinski definition) is 0. The van der Waals surface area contributed by atoms with Gasteiger partial charge in [0.25, 0.3) is 0 Å². The van der Waals surface area contributed by atoms with Crippen LogP contribution in [0.1, 0.15) is 105 Å². The highest BCUT2D eigenvalue weighted by Crippen LogP contribution is 2.45. The third-order valence-electron chi connectivity index (χ3n) is 7.27. The first-order valence-electron chi connectivity index (χ1n) is 10.7. The Bertz CT molecular complexity index is 246. The second-order valence-corrected chi connectivity index (χ2v) is 8.71. The van der Waals surface area contributed by atoms with E-state index in [2.05, 4.69) is 13.8 Å². The van der Waals surface area contributed by atoms with Gasteiger partial charge < -0.3 is 5.48 Å². The zero-order valence-electron chi connectivity index (χ0n) is 16.4. The molecule has 0 aromatic rings. The molecule has 0 radical (unpaired) electrons. The summed E-state index contributed by atoms with van der Waals surface area (Å²) in [5.74, 6) is 6.48. The van der Waals surface area contributed by atoms with Crippen molar-refractivity contribution < 1.29 is 5.48 Å². The average Bonchev–Trinajstić information content (AvgIpc) is 2.58. The SMILES string of the molecule is CC.CC1CCC(C2CCC(C3CCC(C)CC3)CC2)CC1.O. The molecule has 0 aromatic carbocycles. The smallest absolute Gasteiger partial charge is 0.0386 e. The Balaban J connectivity index is 0.000000849. The Morgan fingerprint density at radius 3 is 0.783 bits per heavy atom. The second kappa shape index (κ2) is 10.7. The molecule has 0 spiro atoms. The molecule has 3 aliphatic carbocycles. The highest BCUT2D eigenvalue weighted by atomic mass is 16.0. The number of hydrogen-bond donors (Lipinski definition) is 0. The van der Waals surface area contributed by atoms with E-state index in [1.54, 1.807) is 51.4 Å². The van der Waals surface area contributed by atoms with Gasteiger partial charge in [0.1, 0.15) is 0 Å². The van der Waals surface area contributed by atoms with Crippen LogP contribution in [0.4, 0.5) is 0 Å². The van der Waals surface area contributed by atoms with Gasteiger partial charge >= 0.3 is 0 Å². The minimum atomic E-state index is 0. The zero-order valence-corrected chi connectivity index (χ0v) is 16.4. The van der Waals surface area contributed by atoms with Crippen molar-refractivity contribution >= 4 is 0 Å². The lowest BCUT2D eigenvalue weighted by atomic mass is 9.65. The molecule has 138 valence electrons. The molecule has 2 N–H and O–H groups in total. The maximum absolute atomic E-state index is 2.46. The van der Waals surface area contributed by atoms with Crippen LogP contribution < -0.4 is 0 Å². The lowest BCUT2D eigenvalue weighted by Crippen LogP contribution is -2.29. The Morgan fingerprint density at radius 2 is 0.565 bits per heavy atom. The molecule has 0 atom stereocenters. The van der Waals surface area contributed by atoms with Crippen molar-refractivity contribution in [1.82, 2.24) is 0 Å². The maximum atomic E-state index is 2.46. The van der Waals surface area contributed by atoms with Crippen LogP contribution in [0, 0.1) is 35.5 Å². The maximum Gasteiger partial charge on any atom is -0.0386 e. The van der Waals surface area contributed by atoms with Crippen LogP contribution in [0.15, 0.2) is 0 Å². The summed E-state index contributed by atoms with van der Waals surface area (Å²) in [7, 11) is 0. The summed E-state index contributed by atoms with van der Waals surface area (Å²) in [6, 6.07) is 0. The fourth-order valence-electron chi connectivity index (χ4n) is 5.60. The van der Waals surface area contributed by atoms with E-state index < -0.39 is 0 Å². The van der Waals surface area contributed by atoms with Crippen molar-refractivity contribution in [2.75, 3.05) is 0 Å². The van der Waals surface area contributed by atoms with Gasteiger partial charge in [0.2, 0.25) is 0 Å². The zero-order chi connectivity index (χ0) is 15.9. The summed E-state index contributed by atoms with van der Waals surface area (Å²) in [6.07, 6.45) is 18.6. The summed E-state index contributed by atoms with van der Waals surface area (Å²) in [5, 5.41) is 0. The highest BCUT2D eigenvalue weighted by Gasteiger charge is 2.33.